The van der Waals surface area contributed by atoms with E-state index in [1.807, 2.05) is 36.4 Å². The molecule has 1 fully saturated rings. The van der Waals surface area contributed by atoms with E-state index in [2.05, 4.69) is 36.2 Å². The molecule has 0 aromatic heterocycles. The monoisotopic (exact) mass is 389 g/mol. The first-order valence-corrected chi connectivity index (χ1v) is 9.90. The van der Waals surface area contributed by atoms with Crippen molar-refractivity contribution >= 4 is 57.2 Å². The quantitative estimate of drug-likeness (QED) is 0.679. The molecule has 130 valence electrons. The lowest BCUT2D eigenvalue weighted by Crippen LogP contribution is -2.36. The molecule has 1 aliphatic heterocycles. The van der Waals surface area contributed by atoms with Gasteiger partial charge in [0, 0.05) is 22.5 Å². The first kappa shape index (κ1) is 18.2. The van der Waals surface area contributed by atoms with E-state index in [0.717, 1.165) is 29.5 Å². The molecular weight excluding hydrogens is 370 g/mol. The largest absolute Gasteiger partial charge is 0.332 e. The van der Waals surface area contributed by atoms with Crippen LogP contribution in [0.5, 0.6) is 0 Å². The van der Waals surface area contributed by atoms with Crippen molar-refractivity contribution in [1.82, 2.24) is 4.90 Å². The standard InChI is InChI=1S/C19H20ClN3S2/c1-3-14-6-4-8-16(10-14)22-19-23(12-13(2)25-19)18(24)21-17-9-5-7-15(20)11-17/h4-11,13H,3,12H2,1-2H3,(H,21,24)/b22-19+. The van der Waals surface area contributed by atoms with Crippen LogP contribution < -0.4 is 5.32 Å². The van der Waals surface area contributed by atoms with Crippen molar-refractivity contribution in [2.45, 2.75) is 25.5 Å². The van der Waals surface area contributed by atoms with Gasteiger partial charge in [0.15, 0.2) is 10.3 Å². The second-order valence-corrected chi connectivity index (χ2v) is 8.13. The SMILES string of the molecule is CCc1cccc(/N=C2/SC(C)CN2C(=S)Nc2cccc(Cl)c2)c1. The third-order valence-electron chi connectivity index (χ3n) is 3.84. The number of thioether (sulfide) groups is 1. The number of aliphatic imine (C=N–C) groups is 1. The highest BCUT2D eigenvalue weighted by atomic mass is 35.5. The van der Waals surface area contributed by atoms with Gasteiger partial charge in [-0.15, -0.1) is 0 Å². The molecule has 0 saturated carbocycles. The maximum absolute atomic E-state index is 6.05. The fourth-order valence-electron chi connectivity index (χ4n) is 2.59. The summed E-state index contributed by atoms with van der Waals surface area (Å²) in [7, 11) is 0. The van der Waals surface area contributed by atoms with E-state index in [1.54, 1.807) is 11.8 Å². The maximum Gasteiger partial charge on any atom is 0.179 e. The van der Waals surface area contributed by atoms with Crippen LogP contribution in [-0.2, 0) is 6.42 Å². The van der Waals surface area contributed by atoms with Crippen molar-refractivity contribution in [3.8, 4) is 0 Å². The summed E-state index contributed by atoms with van der Waals surface area (Å²) in [5.41, 5.74) is 3.13. The second-order valence-electron chi connectivity index (χ2n) is 5.90. The summed E-state index contributed by atoms with van der Waals surface area (Å²) >= 11 is 13.4. The Labute approximate surface area is 163 Å². The third-order valence-corrected chi connectivity index (χ3v) is 5.47. The summed E-state index contributed by atoms with van der Waals surface area (Å²) in [4.78, 5) is 6.89. The Kier molecular flexibility index (Phi) is 5.99. The van der Waals surface area contributed by atoms with Crippen LogP contribution in [0.3, 0.4) is 0 Å². The topological polar surface area (TPSA) is 27.6 Å². The van der Waals surface area contributed by atoms with Gasteiger partial charge in [-0.05, 0) is 54.5 Å². The Balaban J connectivity index is 1.81. The molecule has 0 aliphatic carbocycles. The lowest BCUT2D eigenvalue weighted by Gasteiger charge is -2.20. The van der Waals surface area contributed by atoms with Gasteiger partial charge in [-0.1, -0.05) is 55.4 Å². The zero-order valence-corrected chi connectivity index (χ0v) is 16.6. The van der Waals surface area contributed by atoms with Crippen LogP contribution in [0.1, 0.15) is 19.4 Å². The molecule has 1 unspecified atom stereocenters. The molecule has 3 rings (SSSR count). The van der Waals surface area contributed by atoms with Crippen molar-refractivity contribution in [3.05, 3.63) is 59.1 Å². The van der Waals surface area contributed by atoms with E-state index in [4.69, 9.17) is 28.8 Å². The zero-order chi connectivity index (χ0) is 17.8. The number of rotatable bonds is 3. The van der Waals surface area contributed by atoms with Crippen LogP contribution in [-0.4, -0.2) is 27.0 Å². The Morgan fingerprint density at radius 1 is 1.32 bits per heavy atom. The van der Waals surface area contributed by atoms with Gasteiger partial charge < -0.3 is 5.32 Å². The fraction of sp³-hybridized carbons (Fsp3) is 0.263. The minimum atomic E-state index is 0.437. The fourth-order valence-corrected chi connectivity index (χ4v) is 4.15. The van der Waals surface area contributed by atoms with Crippen molar-refractivity contribution in [1.29, 1.82) is 0 Å². The van der Waals surface area contributed by atoms with Gasteiger partial charge in [0.2, 0.25) is 0 Å². The molecular formula is C19H20ClN3S2. The lowest BCUT2D eigenvalue weighted by atomic mass is 10.1. The number of hydrogen-bond donors (Lipinski definition) is 1. The molecule has 6 heteroatoms. The molecule has 0 amide bonds. The highest BCUT2D eigenvalue weighted by Crippen LogP contribution is 2.29. The Hall–Kier alpha value is -1.56. The molecule has 1 saturated heterocycles. The predicted molar refractivity (Wildman–Crippen MR) is 114 cm³/mol. The molecule has 25 heavy (non-hydrogen) atoms. The number of nitrogens with zero attached hydrogens (tertiary/aromatic N) is 2. The Morgan fingerprint density at radius 3 is 2.88 bits per heavy atom. The number of amidine groups is 1. The van der Waals surface area contributed by atoms with E-state index < -0.39 is 0 Å². The third kappa shape index (κ3) is 4.75. The average molecular weight is 390 g/mol. The van der Waals surface area contributed by atoms with Crippen molar-refractivity contribution < 1.29 is 0 Å². The van der Waals surface area contributed by atoms with E-state index in [0.29, 0.717) is 15.4 Å². The predicted octanol–water partition coefficient (Wildman–Crippen LogP) is 5.72. The summed E-state index contributed by atoms with van der Waals surface area (Å²) in [6.45, 7) is 5.17. The molecule has 1 aliphatic rings. The van der Waals surface area contributed by atoms with E-state index in [9.17, 15) is 0 Å². The normalized spacial score (nSPS) is 18.6. The van der Waals surface area contributed by atoms with Gasteiger partial charge in [0.1, 0.15) is 0 Å². The summed E-state index contributed by atoms with van der Waals surface area (Å²) < 4.78 is 0. The van der Waals surface area contributed by atoms with Crippen LogP contribution >= 0.6 is 35.6 Å². The Bertz CT molecular complexity index is 807. The first-order valence-electron chi connectivity index (χ1n) is 8.23. The summed E-state index contributed by atoms with van der Waals surface area (Å²) in [6, 6.07) is 15.9. The van der Waals surface area contributed by atoms with E-state index in [1.165, 1.54) is 5.56 Å². The number of benzene rings is 2. The van der Waals surface area contributed by atoms with Gasteiger partial charge in [0.05, 0.1) is 5.69 Å². The van der Waals surface area contributed by atoms with Gasteiger partial charge in [-0.3, -0.25) is 4.90 Å². The lowest BCUT2D eigenvalue weighted by molar-refractivity contribution is 0.641. The highest BCUT2D eigenvalue weighted by molar-refractivity contribution is 8.14. The number of hydrogen-bond acceptors (Lipinski definition) is 3. The van der Waals surface area contributed by atoms with Crippen LogP contribution in [0.4, 0.5) is 11.4 Å². The molecule has 2 aromatic carbocycles. The summed E-state index contributed by atoms with van der Waals surface area (Å²) in [6.07, 6.45) is 1.00. The molecule has 2 aromatic rings. The number of thiocarbonyl (C=S) groups is 1. The minimum Gasteiger partial charge on any atom is -0.332 e. The smallest absolute Gasteiger partial charge is 0.179 e. The summed E-state index contributed by atoms with van der Waals surface area (Å²) in [5, 5.41) is 5.96. The van der Waals surface area contributed by atoms with Gasteiger partial charge in [0.25, 0.3) is 0 Å². The summed E-state index contributed by atoms with van der Waals surface area (Å²) in [5.74, 6) is 0. The van der Waals surface area contributed by atoms with Gasteiger partial charge in [-0.25, -0.2) is 4.99 Å². The molecule has 0 spiro atoms. The van der Waals surface area contributed by atoms with E-state index >= 15 is 0 Å². The van der Waals surface area contributed by atoms with Crippen LogP contribution in [0.15, 0.2) is 53.5 Å². The second kappa shape index (κ2) is 8.21. The molecule has 3 nitrogen and oxygen atoms in total. The Morgan fingerprint density at radius 2 is 2.12 bits per heavy atom. The van der Waals surface area contributed by atoms with Crippen LogP contribution in [0.2, 0.25) is 5.02 Å². The van der Waals surface area contributed by atoms with Crippen LogP contribution in [0.25, 0.3) is 0 Å². The molecule has 0 bridgehead atoms. The number of aryl methyl sites for hydroxylation is 1. The molecule has 1 heterocycles. The zero-order valence-electron chi connectivity index (χ0n) is 14.2. The van der Waals surface area contributed by atoms with Crippen LogP contribution in [0, 0.1) is 0 Å². The number of halogens is 1. The van der Waals surface area contributed by atoms with Crippen molar-refractivity contribution in [2.75, 3.05) is 11.9 Å². The molecule has 1 atom stereocenters. The van der Waals surface area contributed by atoms with E-state index in [-0.39, 0.29) is 0 Å². The maximum atomic E-state index is 6.05. The number of anilines is 1. The van der Waals surface area contributed by atoms with Gasteiger partial charge in [-0.2, -0.15) is 0 Å². The molecule has 0 radical (unpaired) electrons. The molecule has 1 N–H and O–H groups in total. The minimum absolute atomic E-state index is 0.437. The first-order chi connectivity index (χ1) is 12.0. The van der Waals surface area contributed by atoms with Gasteiger partial charge >= 0.3 is 0 Å². The average Bonchev–Trinajstić information content (AvgIpc) is 2.95. The van der Waals surface area contributed by atoms with Crippen molar-refractivity contribution in [3.63, 3.8) is 0 Å². The number of nitrogens with one attached hydrogen (secondary N) is 1. The van der Waals surface area contributed by atoms with Crippen molar-refractivity contribution in [2.24, 2.45) is 4.99 Å². The highest BCUT2D eigenvalue weighted by Gasteiger charge is 2.28.